The van der Waals surface area contributed by atoms with Crippen LogP contribution in [0.15, 0.2) is 54.6 Å². The Hall–Kier alpha value is -3.28. The Labute approximate surface area is 179 Å². The minimum absolute atomic E-state index is 0.0293. The second kappa shape index (κ2) is 7.76. The van der Waals surface area contributed by atoms with Crippen LogP contribution in [0, 0.1) is 17.6 Å². The Morgan fingerprint density at radius 2 is 1.65 bits per heavy atom. The normalized spacial score (nSPS) is 16.6. The molecule has 1 saturated heterocycles. The molecule has 2 amide bonds. The molecule has 1 fully saturated rings. The van der Waals surface area contributed by atoms with E-state index >= 15 is 0 Å². The van der Waals surface area contributed by atoms with Gasteiger partial charge in [0, 0.05) is 42.7 Å². The molecule has 0 unspecified atom stereocenters. The highest BCUT2D eigenvalue weighted by atomic mass is 19.1. The number of nitrogens with zero attached hydrogens (tertiary/aromatic N) is 2. The maximum atomic E-state index is 14.0. The standard InChI is InChI=1S/C25H22F2N2O2/c26-18-14-22(27)21-10-13-29(23(21)15-18)24(30)17-8-11-28(12-9-17)25(31)20-7-3-5-16-4-1-2-6-19(16)20/h1-7,14-15,17H,8-13H2. The summed E-state index contributed by atoms with van der Waals surface area (Å²) in [5.74, 6) is -1.67. The van der Waals surface area contributed by atoms with Crippen molar-refractivity contribution in [3.8, 4) is 0 Å². The number of hydrogen-bond acceptors (Lipinski definition) is 2. The number of amides is 2. The third kappa shape index (κ3) is 3.46. The number of carbonyl (C=O) groups is 2. The number of piperidine rings is 1. The summed E-state index contributed by atoms with van der Waals surface area (Å²) < 4.78 is 27.7. The fourth-order valence-corrected chi connectivity index (χ4v) is 4.78. The molecule has 0 N–H and O–H groups in total. The lowest BCUT2D eigenvalue weighted by Crippen LogP contribution is -2.44. The summed E-state index contributed by atoms with van der Waals surface area (Å²) in [6.07, 6.45) is 1.48. The molecule has 0 spiro atoms. The molecule has 3 aromatic carbocycles. The number of halogens is 2. The predicted molar refractivity (Wildman–Crippen MR) is 115 cm³/mol. The summed E-state index contributed by atoms with van der Waals surface area (Å²) in [6.45, 7) is 1.33. The van der Waals surface area contributed by atoms with E-state index in [1.54, 1.807) is 4.90 Å². The lowest BCUT2D eigenvalue weighted by atomic mass is 9.94. The summed E-state index contributed by atoms with van der Waals surface area (Å²) >= 11 is 0. The molecule has 4 nitrogen and oxygen atoms in total. The number of carbonyl (C=O) groups excluding carboxylic acids is 2. The van der Waals surface area contributed by atoms with Crippen molar-refractivity contribution in [3.63, 3.8) is 0 Å². The van der Waals surface area contributed by atoms with E-state index in [1.165, 1.54) is 11.0 Å². The van der Waals surface area contributed by atoms with Crippen LogP contribution >= 0.6 is 0 Å². The highest BCUT2D eigenvalue weighted by Gasteiger charge is 2.35. The zero-order valence-corrected chi connectivity index (χ0v) is 17.0. The molecule has 0 saturated carbocycles. The third-order valence-corrected chi connectivity index (χ3v) is 6.43. The van der Waals surface area contributed by atoms with E-state index in [1.807, 2.05) is 42.5 Å². The highest BCUT2D eigenvalue weighted by molar-refractivity contribution is 6.07. The van der Waals surface area contributed by atoms with E-state index < -0.39 is 11.6 Å². The molecule has 0 aliphatic carbocycles. The van der Waals surface area contributed by atoms with E-state index in [-0.39, 0.29) is 17.7 Å². The Morgan fingerprint density at radius 3 is 2.45 bits per heavy atom. The van der Waals surface area contributed by atoms with Crippen LogP contribution in [0.1, 0.15) is 28.8 Å². The largest absolute Gasteiger partial charge is 0.339 e. The number of likely N-dealkylation sites (tertiary alicyclic amines) is 1. The van der Waals surface area contributed by atoms with Gasteiger partial charge >= 0.3 is 0 Å². The van der Waals surface area contributed by atoms with Gasteiger partial charge in [0.1, 0.15) is 11.6 Å². The van der Waals surface area contributed by atoms with Gasteiger partial charge in [-0.2, -0.15) is 0 Å². The summed E-state index contributed by atoms with van der Waals surface area (Å²) in [7, 11) is 0. The van der Waals surface area contributed by atoms with Crippen LogP contribution in [0.2, 0.25) is 0 Å². The molecule has 31 heavy (non-hydrogen) atoms. The lowest BCUT2D eigenvalue weighted by Gasteiger charge is -2.33. The molecule has 2 aliphatic heterocycles. The Morgan fingerprint density at radius 1 is 0.903 bits per heavy atom. The molecule has 3 aromatic rings. The molecule has 5 rings (SSSR count). The molecule has 0 atom stereocenters. The van der Waals surface area contributed by atoms with Crippen LogP contribution in [-0.4, -0.2) is 36.3 Å². The SMILES string of the molecule is O=C(c1cccc2ccccc12)N1CCC(C(=O)N2CCc3c(F)cc(F)cc32)CC1. The Bertz CT molecular complexity index is 1180. The van der Waals surface area contributed by atoms with Crippen molar-refractivity contribution >= 4 is 28.3 Å². The molecular formula is C25H22F2N2O2. The first-order valence-corrected chi connectivity index (χ1v) is 10.6. The summed E-state index contributed by atoms with van der Waals surface area (Å²) in [6, 6.07) is 15.6. The van der Waals surface area contributed by atoms with Gasteiger partial charge in [0.25, 0.3) is 5.91 Å². The van der Waals surface area contributed by atoms with E-state index in [0.717, 1.165) is 16.8 Å². The minimum atomic E-state index is -0.675. The number of fused-ring (bicyclic) bond motifs is 2. The van der Waals surface area contributed by atoms with E-state index in [9.17, 15) is 18.4 Å². The smallest absolute Gasteiger partial charge is 0.254 e. The first-order chi connectivity index (χ1) is 15.0. The van der Waals surface area contributed by atoms with Gasteiger partial charge in [-0.3, -0.25) is 9.59 Å². The summed E-state index contributed by atoms with van der Waals surface area (Å²) in [5, 5.41) is 1.94. The second-order valence-corrected chi connectivity index (χ2v) is 8.22. The molecule has 158 valence electrons. The van der Waals surface area contributed by atoms with Crippen LogP contribution in [0.4, 0.5) is 14.5 Å². The maximum Gasteiger partial charge on any atom is 0.254 e. The molecule has 0 bridgehead atoms. The molecule has 0 radical (unpaired) electrons. The molecule has 6 heteroatoms. The van der Waals surface area contributed by atoms with Gasteiger partial charge in [-0.15, -0.1) is 0 Å². The first-order valence-electron chi connectivity index (χ1n) is 10.6. The van der Waals surface area contributed by atoms with Crippen LogP contribution in [0.3, 0.4) is 0 Å². The van der Waals surface area contributed by atoms with Crippen LogP contribution < -0.4 is 4.90 Å². The van der Waals surface area contributed by atoms with Gasteiger partial charge in [-0.1, -0.05) is 36.4 Å². The fraction of sp³-hybridized carbons (Fsp3) is 0.280. The van der Waals surface area contributed by atoms with Crippen molar-refractivity contribution in [2.45, 2.75) is 19.3 Å². The monoisotopic (exact) mass is 420 g/mol. The maximum absolute atomic E-state index is 14.0. The number of rotatable bonds is 2. The number of anilines is 1. The lowest BCUT2D eigenvalue weighted by molar-refractivity contribution is -0.123. The number of hydrogen-bond donors (Lipinski definition) is 0. The molecular weight excluding hydrogens is 398 g/mol. The van der Waals surface area contributed by atoms with Gasteiger partial charge in [0.05, 0.1) is 5.69 Å². The Balaban J connectivity index is 1.29. The van der Waals surface area contributed by atoms with E-state index in [4.69, 9.17) is 0 Å². The quantitative estimate of drug-likeness (QED) is 0.610. The van der Waals surface area contributed by atoms with Gasteiger partial charge in [-0.05, 0) is 42.2 Å². The van der Waals surface area contributed by atoms with Crippen molar-refractivity contribution in [1.82, 2.24) is 4.90 Å². The third-order valence-electron chi connectivity index (χ3n) is 6.43. The zero-order valence-electron chi connectivity index (χ0n) is 17.0. The highest BCUT2D eigenvalue weighted by Crippen LogP contribution is 2.34. The zero-order chi connectivity index (χ0) is 21.5. The summed E-state index contributed by atoms with van der Waals surface area (Å²) in [4.78, 5) is 29.5. The average Bonchev–Trinajstić information content (AvgIpc) is 3.22. The van der Waals surface area contributed by atoms with Gasteiger partial charge in [-0.25, -0.2) is 8.78 Å². The van der Waals surface area contributed by atoms with Gasteiger partial charge in [0.2, 0.25) is 5.91 Å². The van der Waals surface area contributed by atoms with Gasteiger partial charge in [0.15, 0.2) is 0 Å². The van der Waals surface area contributed by atoms with Crippen molar-refractivity contribution in [1.29, 1.82) is 0 Å². The van der Waals surface area contributed by atoms with Crippen LogP contribution in [0.25, 0.3) is 10.8 Å². The average molecular weight is 420 g/mol. The Kier molecular flexibility index (Phi) is 4.93. The topological polar surface area (TPSA) is 40.6 Å². The van der Waals surface area contributed by atoms with E-state index in [0.29, 0.717) is 55.7 Å². The minimum Gasteiger partial charge on any atom is -0.339 e. The van der Waals surface area contributed by atoms with Crippen molar-refractivity contribution < 1.29 is 18.4 Å². The molecule has 2 heterocycles. The number of benzene rings is 3. The van der Waals surface area contributed by atoms with Crippen molar-refractivity contribution in [2.75, 3.05) is 24.5 Å². The van der Waals surface area contributed by atoms with Crippen molar-refractivity contribution in [2.24, 2.45) is 5.92 Å². The van der Waals surface area contributed by atoms with Crippen molar-refractivity contribution in [3.05, 3.63) is 77.4 Å². The van der Waals surface area contributed by atoms with Gasteiger partial charge < -0.3 is 9.80 Å². The fourth-order valence-electron chi connectivity index (χ4n) is 4.78. The van der Waals surface area contributed by atoms with Crippen LogP contribution in [0.5, 0.6) is 0 Å². The van der Waals surface area contributed by atoms with E-state index in [2.05, 4.69) is 0 Å². The summed E-state index contributed by atoms with van der Waals surface area (Å²) in [5.41, 5.74) is 1.41. The predicted octanol–water partition coefficient (Wildman–Crippen LogP) is 4.56. The molecule has 0 aromatic heterocycles. The second-order valence-electron chi connectivity index (χ2n) is 8.22. The first kappa shape index (κ1) is 19.7. The van der Waals surface area contributed by atoms with Crippen LogP contribution in [-0.2, 0) is 11.2 Å². The molecule has 2 aliphatic rings.